The number of rotatable bonds is 5. The first-order valence-corrected chi connectivity index (χ1v) is 7.32. The fourth-order valence-corrected chi connectivity index (χ4v) is 3.38. The SMILES string of the molecule is CN(C)CCCCN1CCNC2(CCCC2)C1. The third kappa shape index (κ3) is 3.94. The van der Waals surface area contributed by atoms with Gasteiger partial charge in [-0.15, -0.1) is 0 Å². The first-order chi connectivity index (χ1) is 8.20. The average Bonchev–Trinajstić information content (AvgIpc) is 2.73. The van der Waals surface area contributed by atoms with E-state index < -0.39 is 0 Å². The molecule has 2 aliphatic rings. The van der Waals surface area contributed by atoms with Gasteiger partial charge in [-0.05, 0) is 52.9 Å². The summed E-state index contributed by atoms with van der Waals surface area (Å²) in [4.78, 5) is 4.98. The van der Waals surface area contributed by atoms with Gasteiger partial charge in [-0.3, -0.25) is 0 Å². The van der Waals surface area contributed by atoms with Crippen LogP contribution in [-0.2, 0) is 0 Å². The van der Waals surface area contributed by atoms with Gasteiger partial charge in [0.2, 0.25) is 0 Å². The van der Waals surface area contributed by atoms with E-state index in [0.29, 0.717) is 5.54 Å². The van der Waals surface area contributed by atoms with Gasteiger partial charge in [0.25, 0.3) is 0 Å². The van der Waals surface area contributed by atoms with Crippen molar-refractivity contribution < 1.29 is 0 Å². The molecule has 0 atom stereocenters. The quantitative estimate of drug-likeness (QED) is 0.734. The van der Waals surface area contributed by atoms with Crippen molar-refractivity contribution >= 4 is 0 Å². The van der Waals surface area contributed by atoms with Gasteiger partial charge in [0, 0.05) is 25.2 Å². The summed E-state index contributed by atoms with van der Waals surface area (Å²) in [6, 6.07) is 0. The van der Waals surface area contributed by atoms with Gasteiger partial charge in [0.05, 0.1) is 0 Å². The van der Waals surface area contributed by atoms with E-state index >= 15 is 0 Å². The molecule has 17 heavy (non-hydrogen) atoms. The zero-order valence-electron chi connectivity index (χ0n) is 11.7. The second-order valence-electron chi connectivity index (χ2n) is 6.20. The summed E-state index contributed by atoms with van der Waals surface area (Å²) in [5.41, 5.74) is 0.500. The molecule has 0 unspecified atom stereocenters. The summed E-state index contributed by atoms with van der Waals surface area (Å²) in [5.74, 6) is 0. The van der Waals surface area contributed by atoms with Crippen LogP contribution in [0, 0.1) is 0 Å². The van der Waals surface area contributed by atoms with Crippen molar-refractivity contribution in [3.8, 4) is 0 Å². The Hall–Kier alpha value is -0.120. The van der Waals surface area contributed by atoms with Crippen LogP contribution in [-0.4, -0.2) is 62.2 Å². The van der Waals surface area contributed by atoms with Crippen molar-refractivity contribution in [2.24, 2.45) is 0 Å². The molecule has 2 fully saturated rings. The van der Waals surface area contributed by atoms with Crippen molar-refractivity contribution in [1.29, 1.82) is 0 Å². The lowest BCUT2D eigenvalue weighted by Gasteiger charge is -2.41. The van der Waals surface area contributed by atoms with Crippen LogP contribution < -0.4 is 5.32 Å². The lowest BCUT2D eigenvalue weighted by Crippen LogP contribution is -2.59. The third-order valence-corrected chi connectivity index (χ3v) is 4.34. The molecular formula is C14H29N3. The van der Waals surface area contributed by atoms with E-state index in [1.807, 2.05) is 0 Å². The second kappa shape index (κ2) is 6.17. The Morgan fingerprint density at radius 2 is 1.94 bits per heavy atom. The van der Waals surface area contributed by atoms with Crippen LogP contribution in [0.2, 0.25) is 0 Å². The predicted octanol–water partition coefficient (Wildman–Crippen LogP) is 1.55. The molecule has 1 N–H and O–H groups in total. The smallest absolute Gasteiger partial charge is 0.0309 e. The zero-order chi connectivity index (χ0) is 12.1. The lowest BCUT2D eigenvalue weighted by atomic mass is 9.94. The summed E-state index contributed by atoms with van der Waals surface area (Å²) in [6.07, 6.45) is 8.36. The molecule has 1 saturated carbocycles. The van der Waals surface area contributed by atoms with Gasteiger partial charge < -0.3 is 15.1 Å². The Labute approximate surface area is 107 Å². The lowest BCUT2D eigenvalue weighted by molar-refractivity contribution is 0.132. The first-order valence-electron chi connectivity index (χ1n) is 7.32. The van der Waals surface area contributed by atoms with Crippen LogP contribution in [0.15, 0.2) is 0 Å². The van der Waals surface area contributed by atoms with Crippen molar-refractivity contribution in [1.82, 2.24) is 15.1 Å². The molecule has 100 valence electrons. The molecule has 0 bridgehead atoms. The van der Waals surface area contributed by atoms with Crippen LogP contribution in [0.1, 0.15) is 38.5 Å². The largest absolute Gasteiger partial charge is 0.309 e. The number of nitrogens with one attached hydrogen (secondary N) is 1. The Balaban J connectivity index is 1.67. The van der Waals surface area contributed by atoms with Crippen LogP contribution >= 0.6 is 0 Å². The maximum atomic E-state index is 3.78. The molecule has 0 radical (unpaired) electrons. The molecule has 2 rings (SSSR count). The number of hydrogen-bond donors (Lipinski definition) is 1. The number of unbranched alkanes of at least 4 members (excludes halogenated alkanes) is 1. The van der Waals surface area contributed by atoms with Gasteiger partial charge in [-0.1, -0.05) is 12.8 Å². The Bertz CT molecular complexity index is 222. The molecule has 0 amide bonds. The van der Waals surface area contributed by atoms with Gasteiger partial charge in [-0.2, -0.15) is 0 Å². The van der Waals surface area contributed by atoms with Gasteiger partial charge in [-0.25, -0.2) is 0 Å². The van der Waals surface area contributed by atoms with Crippen LogP contribution in [0.5, 0.6) is 0 Å². The molecule has 1 heterocycles. The van der Waals surface area contributed by atoms with E-state index in [9.17, 15) is 0 Å². The van der Waals surface area contributed by atoms with Gasteiger partial charge in [0.15, 0.2) is 0 Å². The topological polar surface area (TPSA) is 18.5 Å². The van der Waals surface area contributed by atoms with Crippen LogP contribution in [0.25, 0.3) is 0 Å². The molecule has 0 aromatic carbocycles. The molecule has 1 saturated heterocycles. The van der Waals surface area contributed by atoms with Gasteiger partial charge in [0.1, 0.15) is 0 Å². The number of piperazine rings is 1. The van der Waals surface area contributed by atoms with Crippen molar-refractivity contribution in [3.63, 3.8) is 0 Å². The molecule has 0 aromatic rings. The fraction of sp³-hybridized carbons (Fsp3) is 1.00. The second-order valence-corrected chi connectivity index (χ2v) is 6.20. The number of nitrogens with zero attached hydrogens (tertiary/aromatic N) is 2. The van der Waals surface area contributed by atoms with E-state index in [1.54, 1.807) is 0 Å². The van der Waals surface area contributed by atoms with E-state index in [2.05, 4.69) is 29.2 Å². The Morgan fingerprint density at radius 3 is 2.65 bits per heavy atom. The van der Waals surface area contributed by atoms with E-state index in [4.69, 9.17) is 0 Å². The van der Waals surface area contributed by atoms with Crippen LogP contribution in [0.3, 0.4) is 0 Å². The molecule has 1 aliphatic carbocycles. The summed E-state index contributed by atoms with van der Waals surface area (Å²) < 4.78 is 0. The highest BCUT2D eigenvalue weighted by Gasteiger charge is 2.37. The van der Waals surface area contributed by atoms with E-state index in [1.165, 1.54) is 71.2 Å². The standard InChI is InChI=1S/C14H29N3/c1-16(2)10-5-6-11-17-12-9-15-14(13-17)7-3-4-8-14/h15H,3-13H2,1-2H3. The fourth-order valence-electron chi connectivity index (χ4n) is 3.38. The minimum atomic E-state index is 0.500. The van der Waals surface area contributed by atoms with Crippen molar-refractivity contribution in [2.75, 3.05) is 46.8 Å². The molecule has 3 nitrogen and oxygen atoms in total. The average molecular weight is 239 g/mol. The summed E-state index contributed by atoms with van der Waals surface area (Å²) in [5, 5.41) is 3.78. The summed E-state index contributed by atoms with van der Waals surface area (Å²) >= 11 is 0. The molecule has 1 aliphatic heterocycles. The van der Waals surface area contributed by atoms with Gasteiger partial charge >= 0.3 is 0 Å². The van der Waals surface area contributed by atoms with E-state index in [0.717, 1.165) is 0 Å². The zero-order valence-corrected chi connectivity index (χ0v) is 11.7. The minimum absolute atomic E-state index is 0.500. The predicted molar refractivity (Wildman–Crippen MR) is 73.4 cm³/mol. The minimum Gasteiger partial charge on any atom is -0.309 e. The molecular weight excluding hydrogens is 210 g/mol. The van der Waals surface area contributed by atoms with Crippen molar-refractivity contribution in [2.45, 2.75) is 44.1 Å². The summed E-state index contributed by atoms with van der Waals surface area (Å²) in [6.45, 7) is 6.29. The molecule has 0 aromatic heterocycles. The van der Waals surface area contributed by atoms with E-state index in [-0.39, 0.29) is 0 Å². The molecule has 1 spiro atoms. The highest BCUT2D eigenvalue weighted by atomic mass is 15.2. The third-order valence-electron chi connectivity index (χ3n) is 4.34. The number of hydrogen-bond acceptors (Lipinski definition) is 3. The van der Waals surface area contributed by atoms with Crippen molar-refractivity contribution in [3.05, 3.63) is 0 Å². The summed E-state index contributed by atoms with van der Waals surface area (Å²) in [7, 11) is 4.33. The first kappa shape index (κ1) is 13.3. The van der Waals surface area contributed by atoms with Crippen LogP contribution in [0.4, 0.5) is 0 Å². The Morgan fingerprint density at radius 1 is 1.18 bits per heavy atom. The Kier molecular flexibility index (Phi) is 4.83. The maximum Gasteiger partial charge on any atom is 0.0309 e. The molecule has 3 heteroatoms. The monoisotopic (exact) mass is 239 g/mol. The normalized spacial score (nSPS) is 24.9. The maximum absolute atomic E-state index is 3.78. The highest BCUT2D eigenvalue weighted by Crippen LogP contribution is 2.31. The highest BCUT2D eigenvalue weighted by molar-refractivity contribution is 4.98.